The lowest BCUT2D eigenvalue weighted by Gasteiger charge is -2.38. The molecule has 1 fully saturated rings. The van der Waals surface area contributed by atoms with Crippen LogP contribution in [0.2, 0.25) is 0 Å². The molecular weight excluding hydrogens is 400 g/mol. The van der Waals surface area contributed by atoms with Crippen molar-refractivity contribution in [3.8, 4) is 17.7 Å². The van der Waals surface area contributed by atoms with E-state index in [0.29, 0.717) is 23.3 Å². The van der Waals surface area contributed by atoms with Gasteiger partial charge < -0.3 is 14.8 Å². The van der Waals surface area contributed by atoms with Crippen LogP contribution in [0.1, 0.15) is 43.7 Å². The van der Waals surface area contributed by atoms with Gasteiger partial charge in [0.1, 0.15) is 11.3 Å². The number of aromatic nitrogens is 2. The highest BCUT2D eigenvalue weighted by molar-refractivity contribution is 7.15. The molecule has 0 radical (unpaired) electrons. The summed E-state index contributed by atoms with van der Waals surface area (Å²) in [6, 6.07) is 5.58. The molecule has 30 heavy (non-hydrogen) atoms. The summed E-state index contributed by atoms with van der Waals surface area (Å²) in [5.41, 5.74) is 0.234. The molecule has 0 spiro atoms. The van der Waals surface area contributed by atoms with Gasteiger partial charge in [0.05, 0.1) is 7.11 Å². The van der Waals surface area contributed by atoms with Crippen molar-refractivity contribution in [1.29, 1.82) is 0 Å². The smallest absolute Gasteiger partial charge is 0.223 e. The number of likely N-dealkylation sites (tertiary alicyclic amines) is 1. The SMILES string of the molecule is CCCOC1(C#Cc2cccc(OC)n2)CCN(Cc2cnc(NC(C)=O)s2)CC1. The van der Waals surface area contributed by atoms with E-state index in [1.165, 1.54) is 18.3 Å². The normalized spacial score (nSPS) is 15.8. The number of pyridine rings is 1. The Bertz CT molecular complexity index is 910. The summed E-state index contributed by atoms with van der Waals surface area (Å²) in [7, 11) is 1.60. The van der Waals surface area contributed by atoms with Gasteiger partial charge >= 0.3 is 0 Å². The van der Waals surface area contributed by atoms with Crippen molar-refractivity contribution in [3.05, 3.63) is 35.0 Å². The minimum absolute atomic E-state index is 0.101. The lowest BCUT2D eigenvalue weighted by molar-refractivity contribution is -0.114. The maximum Gasteiger partial charge on any atom is 0.223 e. The summed E-state index contributed by atoms with van der Waals surface area (Å²) in [5, 5.41) is 3.38. The van der Waals surface area contributed by atoms with Crippen LogP contribution in [0.5, 0.6) is 5.88 Å². The molecule has 160 valence electrons. The fourth-order valence-electron chi connectivity index (χ4n) is 3.26. The average Bonchev–Trinajstić information content (AvgIpc) is 3.18. The minimum atomic E-state index is -0.452. The summed E-state index contributed by atoms with van der Waals surface area (Å²) in [4.78, 5) is 23.3. The van der Waals surface area contributed by atoms with E-state index in [2.05, 4.69) is 38.9 Å². The molecule has 3 heterocycles. The van der Waals surface area contributed by atoms with Crippen molar-refractivity contribution in [2.45, 2.75) is 45.3 Å². The molecule has 0 aliphatic carbocycles. The molecular formula is C22H28N4O3S. The Labute approximate surface area is 181 Å². The summed E-state index contributed by atoms with van der Waals surface area (Å²) >= 11 is 1.52. The van der Waals surface area contributed by atoms with Gasteiger partial charge in [0, 0.05) is 63.1 Å². The second kappa shape index (κ2) is 10.5. The van der Waals surface area contributed by atoms with Crippen molar-refractivity contribution in [2.75, 3.05) is 32.1 Å². The average molecular weight is 429 g/mol. The van der Waals surface area contributed by atoms with E-state index in [1.54, 1.807) is 7.11 Å². The van der Waals surface area contributed by atoms with Crippen LogP contribution < -0.4 is 10.1 Å². The van der Waals surface area contributed by atoms with Crippen LogP contribution in [0.25, 0.3) is 0 Å². The van der Waals surface area contributed by atoms with Crippen molar-refractivity contribution in [3.63, 3.8) is 0 Å². The van der Waals surface area contributed by atoms with Crippen molar-refractivity contribution < 1.29 is 14.3 Å². The van der Waals surface area contributed by atoms with E-state index in [-0.39, 0.29) is 5.91 Å². The Kier molecular flexibility index (Phi) is 7.80. The van der Waals surface area contributed by atoms with Crippen molar-refractivity contribution in [2.24, 2.45) is 0 Å². The van der Waals surface area contributed by atoms with Crippen LogP contribution in [-0.4, -0.2) is 53.2 Å². The lowest BCUT2D eigenvalue weighted by Crippen LogP contribution is -2.45. The van der Waals surface area contributed by atoms with E-state index in [1.807, 2.05) is 24.4 Å². The third-order valence-corrected chi connectivity index (χ3v) is 5.71. The summed E-state index contributed by atoms with van der Waals surface area (Å²) < 4.78 is 11.4. The van der Waals surface area contributed by atoms with E-state index >= 15 is 0 Å². The van der Waals surface area contributed by atoms with Gasteiger partial charge in [-0.2, -0.15) is 0 Å². The second-order valence-corrected chi connectivity index (χ2v) is 8.36. The zero-order valence-corrected chi connectivity index (χ0v) is 18.6. The number of methoxy groups -OCH3 is 1. The van der Waals surface area contributed by atoms with E-state index in [4.69, 9.17) is 9.47 Å². The Hall–Kier alpha value is -2.47. The number of carbonyl (C=O) groups is 1. The number of anilines is 1. The van der Waals surface area contributed by atoms with Gasteiger partial charge in [-0.25, -0.2) is 9.97 Å². The fraction of sp³-hybridized carbons (Fsp3) is 0.500. The van der Waals surface area contributed by atoms with E-state index in [9.17, 15) is 4.79 Å². The molecule has 0 atom stereocenters. The number of carbonyl (C=O) groups excluding carboxylic acids is 1. The van der Waals surface area contributed by atoms with Gasteiger partial charge in [0.2, 0.25) is 11.8 Å². The molecule has 1 amide bonds. The molecule has 3 rings (SSSR count). The summed E-state index contributed by atoms with van der Waals surface area (Å²) in [6.45, 7) is 6.87. The maximum absolute atomic E-state index is 11.2. The number of thiazole rings is 1. The number of nitrogens with one attached hydrogen (secondary N) is 1. The van der Waals surface area contributed by atoms with E-state index < -0.39 is 5.60 Å². The molecule has 2 aromatic heterocycles. The molecule has 2 aromatic rings. The molecule has 8 heteroatoms. The maximum atomic E-state index is 11.2. The van der Waals surface area contributed by atoms with Gasteiger partial charge in [0.15, 0.2) is 5.13 Å². The fourth-order valence-corrected chi connectivity index (χ4v) is 4.16. The first-order chi connectivity index (χ1) is 14.5. The van der Waals surface area contributed by atoms with Gasteiger partial charge in [-0.1, -0.05) is 18.9 Å². The number of nitrogens with zero attached hydrogens (tertiary/aromatic N) is 3. The lowest BCUT2D eigenvalue weighted by atomic mass is 9.91. The quantitative estimate of drug-likeness (QED) is 0.682. The van der Waals surface area contributed by atoms with Crippen LogP contribution in [0.15, 0.2) is 24.4 Å². The van der Waals surface area contributed by atoms with Gasteiger partial charge in [0.25, 0.3) is 0 Å². The number of rotatable bonds is 7. The highest BCUT2D eigenvalue weighted by Crippen LogP contribution is 2.28. The first-order valence-electron chi connectivity index (χ1n) is 10.1. The number of amides is 1. The zero-order valence-electron chi connectivity index (χ0n) is 17.7. The van der Waals surface area contributed by atoms with Crippen LogP contribution >= 0.6 is 11.3 Å². The van der Waals surface area contributed by atoms with E-state index in [0.717, 1.165) is 43.8 Å². The van der Waals surface area contributed by atoms with Crippen LogP contribution in [-0.2, 0) is 16.1 Å². The Morgan fingerprint density at radius 1 is 1.37 bits per heavy atom. The Balaban J connectivity index is 1.64. The molecule has 1 aliphatic rings. The van der Waals surface area contributed by atoms with Gasteiger partial charge in [-0.05, 0) is 18.4 Å². The van der Waals surface area contributed by atoms with Gasteiger partial charge in [-0.3, -0.25) is 9.69 Å². The molecule has 0 unspecified atom stereocenters. The van der Waals surface area contributed by atoms with Crippen molar-refractivity contribution >= 4 is 22.4 Å². The predicted molar refractivity (Wildman–Crippen MR) is 118 cm³/mol. The highest BCUT2D eigenvalue weighted by Gasteiger charge is 2.34. The van der Waals surface area contributed by atoms with Crippen molar-refractivity contribution in [1.82, 2.24) is 14.9 Å². The number of hydrogen-bond acceptors (Lipinski definition) is 7. The molecule has 1 N–H and O–H groups in total. The van der Waals surface area contributed by atoms with Gasteiger partial charge in [-0.15, -0.1) is 11.3 Å². The predicted octanol–water partition coefficient (Wildman–Crippen LogP) is 3.32. The standard InChI is InChI=1S/C22H28N4O3S/c1-4-14-29-22(9-8-18-6-5-7-20(25-18)28-3)10-12-26(13-11-22)16-19-15-23-21(30-19)24-17(2)27/h5-7,15H,4,10-14,16H2,1-3H3,(H,23,24,27). The highest BCUT2D eigenvalue weighted by atomic mass is 32.1. The van der Waals surface area contributed by atoms with Crippen LogP contribution in [0.3, 0.4) is 0 Å². The first kappa shape index (κ1) is 22.2. The molecule has 1 aliphatic heterocycles. The molecule has 0 saturated carbocycles. The summed E-state index contributed by atoms with van der Waals surface area (Å²) in [6.07, 6.45) is 4.46. The number of hydrogen-bond donors (Lipinski definition) is 1. The number of piperidine rings is 1. The Morgan fingerprint density at radius 3 is 2.87 bits per heavy atom. The topological polar surface area (TPSA) is 76.6 Å². The minimum Gasteiger partial charge on any atom is -0.481 e. The Morgan fingerprint density at radius 2 is 2.17 bits per heavy atom. The first-order valence-corrected chi connectivity index (χ1v) is 11.0. The summed E-state index contributed by atoms with van der Waals surface area (Å²) in [5.74, 6) is 7.02. The third-order valence-electron chi connectivity index (χ3n) is 4.81. The largest absolute Gasteiger partial charge is 0.481 e. The number of ether oxygens (including phenoxy) is 2. The molecule has 0 aromatic carbocycles. The van der Waals surface area contributed by atoms with Crippen LogP contribution in [0.4, 0.5) is 5.13 Å². The third kappa shape index (κ3) is 6.26. The molecule has 7 nitrogen and oxygen atoms in total. The second-order valence-electron chi connectivity index (χ2n) is 7.25. The monoisotopic (exact) mass is 428 g/mol. The molecule has 1 saturated heterocycles. The zero-order chi connectivity index (χ0) is 21.4. The molecule has 0 bridgehead atoms. The van der Waals surface area contributed by atoms with Crippen LogP contribution in [0, 0.1) is 11.8 Å².